The Morgan fingerprint density at radius 1 is 0.952 bits per heavy atom. The van der Waals surface area contributed by atoms with Gasteiger partial charge in [0.15, 0.2) is 0 Å². The molecule has 21 heavy (non-hydrogen) atoms. The van der Waals surface area contributed by atoms with Gasteiger partial charge < -0.3 is 11.5 Å². The quantitative estimate of drug-likeness (QED) is 0.408. The molecule has 0 aliphatic rings. The zero-order valence-electron chi connectivity index (χ0n) is 14.9. The van der Waals surface area contributed by atoms with Gasteiger partial charge in [-0.05, 0) is 40.5 Å². The Hall–Kier alpha value is -1.32. The Labute approximate surface area is 130 Å². The maximum Gasteiger partial charge on any atom is 0.0972 e. The number of hydrogen-bond acceptors (Lipinski definition) is 2. The van der Waals surface area contributed by atoms with E-state index in [0.29, 0.717) is 5.92 Å². The second-order valence-electron chi connectivity index (χ2n) is 6.60. The summed E-state index contributed by atoms with van der Waals surface area (Å²) in [5.41, 5.74) is 13.2. The number of allylic oxidation sites excluding steroid dienone is 1. The first-order valence-corrected chi connectivity index (χ1v) is 7.95. The maximum atomic E-state index is 6.01. The van der Waals surface area contributed by atoms with Crippen molar-refractivity contribution in [2.45, 2.75) is 73.4 Å². The van der Waals surface area contributed by atoms with Gasteiger partial charge >= 0.3 is 0 Å². The van der Waals surface area contributed by atoms with Gasteiger partial charge in [-0.3, -0.25) is 9.98 Å². The summed E-state index contributed by atoms with van der Waals surface area (Å²) in [6.07, 6.45) is 4.09. The Balaban J connectivity index is 4.47. The van der Waals surface area contributed by atoms with E-state index < -0.39 is 0 Å². The summed E-state index contributed by atoms with van der Waals surface area (Å²) in [5, 5.41) is 0. The lowest BCUT2D eigenvalue weighted by Crippen LogP contribution is -2.23. The number of amidine groups is 2. The molecule has 0 rings (SSSR count). The molecule has 0 bridgehead atoms. The molecular formula is C17H34N4. The van der Waals surface area contributed by atoms with Crippen molar-refractivity contribution in [3.63, 3.8) is 0 Å². The molecule has 0 saturated carbocycles. The van der Waals surface area contributed by atoms with Crippen LogP contribution in [0.25, 0.3) is 0 Å². The van der Waals surface area contributed by atoms with Crippen molar-refractivity contribution in [3.8, 4) is 0 Å². The first-order valence-electron chi connectivity index (χ1n) is 7.95. The van der Waals surface area contributed by atoms with E-state index in [1.165, 1.54) is 5.57 Å². The fourth-order valence-electron chi connectivity index (χ4n) is 1.92. The van der Waals surface area contributed by atoms with Gasteiger partial charge in [0.05, 0.1) is 17.7 Å². The van der Waals surface area contributed by atoms with Gasteiger partial charge in [-0.1, -0.05) is 32.4 Å². The number of hydrogen-bond donors (Lipinski definition) is 2. The molecule has 0 amide bonds. The van der Waals surface area contributed by atoms with Crippen LogP contribution in [0.2, 0.25) is 0 Å². The van der Waals surface area contributed by atoms with Crippen LogP contribution in [-0.2, 0) is 0 Å². The Morgan fingerprint density at radius 3 is 2.00 bits per heavy atom. The average molecular weight is 294 g/mol. The van der Waals surface area contributed by atoms with E-state index in [1.54, 1.807) is 0 Å². The molecule has 0 aliphatic carbocycles. The zero-order valence-corrected chi connectivity index (χ0v) is 14.9. The minimum Gasteiger partial charge on any atom is -0.387 e. The maximum absolute atomic E-state index is 6.01. The van der Waals surface area contributed by atoms with Crippen LogP contribution in [0.3, 0.4) is 0 Å². The minimum atomic E-state index is 0.222. The Bertz CT molecular complexity index is 392. The van der Waals surface area contributed by atoms with Crippen molar-refractivity contribution in [2.75, 3.05) is 0 Å². The summed E-state index contributed by atoms with van der Waals surface area (Å²) in [5.74, 6) is 2.07. The monoisotopic (exact) mass is 294 g/mol. The van der Waals surface area contributed by atoms with Crippen LogP contribution in [0.1, 0.15) is 61.3 Å². The molecule has 4 N–H and O–H groups in total. The molecule has 122 valence electrons. The summed E-state index contributed by atoms with van der Waals surface area (Å²) in [7, 11) is 0. The fourth-order valence-corrected chi connectivity index (χ4v) is 1.92. The summed E-state index contributed by atoms with van der Waals surface area (Å²) < 4.78 is 0. The van der Waals surface area contributed by atoms with Gasteiger partial charge in [-0.25, -0.2) is 0 Å². The minimum absolute atomic E-state index is 0.222. The van der Waals surface area contributed by atoms with Crippen LogP contribution in [0.5, 0.6) is 0 Å². The lowest BCUT2D eigenvalue weighted by molar-refractivity contribution is 0.706. The highest BCUT2D eigenvalue weighted by Gasteiger charge is 2.09. The molecule has 0 aromatic heterocycles. The van der Waals surface area contributed by atoms with Crippen molar-refractivity contribution in [1.82, 2.24) is 0 Å². The van der Waals surface area contributed by atoms with Gasteiger partial charge in [0.1, 0.15) is 0 Å². The predicted molar refractivity (Wildman–Crippen MR) is 94.8 cm³/mol. The molecule has 0 radical (unpaired) electrons. The van der Waals surface area contributed by atoms with Crippen molar-refractivity contribution in [3.05, 3.63) is 11.6 Å². The van der Waals surface area contributed by atoms with E-state index in [4.69, 9.17) is 11.5 Å². The third kappa shape index (κ3) is 9.27. The molecule has 2 atom stereocenters. The second kappa shape index (κ2) is 9.59. The van der Waals surface area contributed by atoms with Crippen LogP contribution in [0.15, 0.2) is 21.6 Å². The van der Waals surface area contributed by atoms with Crippen molar-refractivity contribution >= 4 is 11.7 Å². The van der Waals surface area contributed by atoms with Gasteiger partial charge in [-0.2, -0.15) is 0 Å². The molecule has 0 heterocycles. The SMILES string of the molecule is C/C(=C/CC(C)N=C(N)C(C)C)CC(C)C(N)=NC(C)C. The topological polar surface area (TPSA) is 76.8 Å². The van der Waals surface area contributed by atoms with Gasteiger partial charge in [0.25, 0.3) is 0 Å². The summed E-state index contributed by atoms with van der Waals surface area (Å²) in [4.78, 5) is 8.92. The smallest absolute Gasteiger partial charge is 0.0972 e. The van der Waals surface area contributed by atoms with Crippen LogP contribution in [0.4, 0.5) is 0 Å². The predicted octanol–water partition coefficient (Wildman–Crippen LogP) is 3.52. The summed E-state index contributed by atoms with van der Waals surface area (Å²) in [6, 6.07) is 0.476. The lowest BCUT2D eigenvalue weighted by Gasteiger charge is -2.13. The van der Waals surface area contributed by atoms with E-state index in [9.17, 15) is 0 Å². The molecule has 0 fully saturated rings. The molecule has 0 aliphatic heterocycles. The molecular weight excluding hydrogens is 260 g/mol. The van der Waals surface area contributed by atoms with Crippen LogP contribution >= 0.6 is 0 Å². The van der Waals surface area contributed by atoms with E-state index in [1.807, 2.05) is 13.8 Å². The third-order valence-corrected chi connectivity index (χ3v) is 3.31. The normalized spacial score (nSPS) is 17.5. The number of aliphatic imine (C=N–C) groups is 2. The first kappa shape index (κ1) is 19.7. The summed E-state index contributed by atoms with van der Waals surface area (Å²) in [6.45, 7) is 14.6. The highest BCUT2D eigenvalue weighted by Crippen LogP contribution is 2.14. The van der Waals surface area contributed by atoms with Crippen molar-refractivity contribution in [2.24, 2.45) is 33.3 Å². The van der Waals surface area contributed by atoms with Crippen LogP contribution in [-0.4, -0.2) is 23.8 Å². The van der Waals surface area contributed by atoms with Gasteiger partial charge in [-0.15, -0.1) is 0 Å². The van der Waals surface area contributed by atoms with E-state index in [-0.39, 0.29) is 18.0 Å². The molecule has 4 heteroatoms. The molecule has 4 nitrogen and oxygen atoms in total. The van der Waals surface area contributed by atoms with Crippen LogP contribution < -0.4 is 11.5 Å². The standard InChI is InChI=1S/C17H34N4/c1-11(2)16(18)21-15(7)9-8-13(5)10-14(6)17(19)20-12(3)4/h8,11-12,14-15H,9-10H2,1-7H3,(H2,18,21)(H2,19,20)/b13-8-. The number of nitrogens with two attached hydrogens (primary N) is 2. The second-order valence-corrected chi connectivity index (χ2v) is 6.60. The molecule has 2 unspecified atom stereocenters. The van der Waals surface area contributed by atoms with E-state index in [2.05, 4.69) is 50.7 Å². The fraction of sp³-hybridized carbons (Fsp3) is 0.765. The Morgan fingerprint density at radius 2 is 1.52 bits per heavy atom. The van der Waals surface area contributed by atoms with E-state index in [0.717, 1.165) is 24.5 Å². The molecule has 0 spiro atoms. The molecule has 0 aromatic rings. The number of rotatable bonds is 8. The zero-order chi connectivity index (χ0) is 16.6. The lowest BCUT2D eigenvalue weighted by atomic mass is 9.99. The number of nitrogens with zero attached hydrogens (tertiary/aromatic N) is 2. The van der Waals surface area contributed by atoms with Crippen molar-refractivity contribution in [1.29, 1.82) is 0 Å². The summed E-state index contributed by atoms with van der Waals surface area (Å²) >= 11 is 0. The van der Waals surface area contributed by atoms with Gasteiger partial charge in [0.2, 0.25) is 0 Å². The molecule has 0 aromatic carbocycles. The third-order valence-electron chi connectivity index (χ3n) is 3.31. The highest BCUT2D eigenvalue weighted by atomic mass is 14.9. The molecule has 0 saturated heterocycles. The Kier molecular flexibility index (Phi) is 8.98. The highest BCUT2D eigenvalue weighted by molar-refractivity contribution is 5.83. The van der Waals surface area contributed by atoms with Crippen LogP contribution in [0, 0.1) is 11.8 Å². The van der Waals surface area contributed by atoms with Gasteiger partial charge in [0, 0.05) is 17.9 Å². The van der Waals surface area contributed by atoms with E-state index >= 15 is 0 Å². The first-order chi connectivity index (χ1) is 9.63. The van der Waals surface area contributed by atoms with Crippen molar-refractivity contribution < 1.29 is 0 Å². The average Bonchev–Trinajstić information content (AvgIpc) is 2.35. The largest absolute Gasteiger partial charge is 0.387 e.